The van der Waals surface area contributed by atoms with E-state index in [1.807, 2.05) is 49.1 Å². The van der Waals surface area contributed by atoms with Crippen LogP contribution in [0.15, 0.2) is 42.5 Å². The van der Waals surface area contributed by atoms with E-state index >= 15 is 0 Å². The number of amides is 2. The lowest BCUT2D eigenvalue weighted by atomic mass is 10.2. The summed E-state index contributed by atoms with van der Waals surface area (Å²) in [5, 5.41) is 0. The molecule has 0 bridgehead atoms. The number of hydrogen-bond acceptors (Lipinski definition) is 3. The highest BCUT2D eigenvalue weighted by Gasteiger charge is 2.24. The lowest BCUT2D eigenvalue weighted by Crippen LogP contribution is -2.46. The maximum absolute atomic E-state index is 13.1. The average molecular weight is 407 g/mol. The van der Waals surface area contributed by atoms with E-state index in [9.17, 15) is 9.59 Å². The fraction of sp³-hybridized carbons (Fsp3) is 0.429. The molecule has 1 aromatic carbocycles. The number of aryl methyl sites for hydroxylation is 1. The molecule has 1 heterocycles. The molecule has 0 N–H and O–H groups in total. The molecule has 0 unspecified atom stereocenters. The number of halogens is 1. The first kappa shape index (κ1) is 21.5. The van der Waals surface area contributed by atoms with Crippen LogP contribution in [-0.2, 0) is 22.7 Å². The average Bonchev–Trinajstić information content (AvgIpc) is 3.09. The second-order valence-electron chi connectivity index (χ2n) is 6.66. The Balaban J connectivity index is 2.19. The van der Waals surface area contributed by atoms with E-state index in [0.29, 0.717) is 13.1 Å². The molecule has 0 fully saturated rings. The van der Waals surface area contributed by atoms with Crippen LogP contribution in [0.25, 0.3) is 0 Å². The van der Waals surface area contributed by atoms with Crippen LogP contribution >= 0.6 is 22.9 Å². The van der Waals surface area contributed by atoms with Gasteiger partial charge < -0.3 is 9.80 Å². The van der Waals surface area contributed by atoms with Crippen LogP contribution in [0.5, 0.6) is 0 Å². The van der Waals surface area contributed by atoms with Gasteiger partial charge in [-0.3, -0.25) is 9.59 Å². The Morgan fingerprint density at radius 2 is 1.78 bits per heavy atom. The van der Waals surface area contributed by atoms with Gasteiger partial charge in [0.2, 0.25) is 11.8 Å². The molecule has 4 nitrogen and oxygen atoms in total. The third-order valence-electron chi connectivity index (χ3n) is 4.57. The molecule has 2 aromatic rings. The maximum Gasteiger partial charge on any atom is 0.242 e. The third kappa shape index (κ3) is 6.36. The van der Waals surface area contributed by atoms with Crippen molar-refractivity contribution in [1.82, 2.24) is 9.80 Å². The van der Waals surface area contributed by atoms with Gasteiger partial charge in [0, 0.05) is 22.3 Å². The van der Waals surface area contributed by atoms with Gasteiger partial charge in [-0.25, -0.2) is 0 Å². The third-order valence-corrected chi connectivity index (χ3v) is 5.79. The van der Waals surface area contributed by atoms with Gasteiger partial charge in [0.25, 0.3) is 0 Å². The Labute approximate surface area is 170 Å². The standard InChI is InChI=1S/C21H27ClN2O2S/c1-4-16(2)24(20(25)12-22)15-21(26)23(13-18-8-6-5-7-9-18)14-19-11-10-17(3)27-19/h5-11,16H,4,12-15H2,1-3H3/t16-/m0/s1. The van der Waals surface area contributed by atoms with Gasteiger partial charge in [0.15, 0.2) is 0 Å². The summed E-state index contributed by atoms with van der Waals surface area (Å²) in [5.74, 6) is -0.380. The van der Waals surface area contributed by atoms with Gasteiger partial charge >= 0.3 is 0 Å². The maximum atomic E-state index is 13.1. The predicted molar refractivity (Wildman–Crippen MR) is 112 cm³/mol. The quantitative estimate of drug-likeness (QED) is 0.577. The number of nitrogens with zero attached hydrogens (tertiary/aromatic N) is 2. The molecule has 0 aliphatic heterocycles. The first-order valence-corrected chi connectivity index (χ1v) is 10.5. The van der Waals surface area contributed by atoms with Gasteiger partial charge in [0.1, 0.15) is 12.4 Å². The molecule has 146 valence electrons. The Morgan fingerprint density at radius 3 is 2.33 bits per heavy atom. The second kappa shape index (κ2) is 10.5. The summed E-state index contributed by atoms with van der Waals surface area (Å²) in [4.78, 5) is 31.1. The molecule has 1 aromatic heterocycles. The van der Waals surface area contributed by atoms with Gasteiger partial charge in [-0.15, -0.1) is 22.9 Å². The Bertz CT molecular complexity index is 748. The van der Waals surface area contributed by atoms with E-state index in [1.54, 1.807) is 16.2 Å². The number of benzene rings is 1. The lowest BCUT2D eigenvalue weighted by molar-refractivity contribution is -0.141. The van der Waals surface area contributed by atoms with Gasteiger partial charge in [-0.1, -0.05) is 37.3 Å². The van der Waals surface area contributed by atoms with Crippen molar-refractivity contribution in [3.63, 3.8) is 0 Å². The van der Waals surface area contributed by atoms with E-state index in [0.717, 1.165) is 16.9 Å². The van der Waals surface area contributed by atoms with Crippen LogP contribution in [0.2, 0.25) is 0 Å². The van der Waals surface area contributed by atoms with Crippen molar-refractivity contribution in [2.45, 2.75) is 46.3 Å². The van der Waals surface area contributed by atoms with E-state index in [2.05, 4.69) is 19.1 Å². The fourth-order valence-corrected chi connectivity index (χ4v) is 3.89. The van der Waals surface area contributed by atoms with Crippen LogP contribution in [0.4, 0.5) is 0 Å². The molecule has 2 amide bonds. The van der Waals surface area contributed by atoms with E-state index in [-0.39, 0.29) is 30.3 Å². The van der Waals surface area contributed by atoms with Gasteiger partial charge in [-0.2, -0.15) is 0 Å². The molecular formula is C21H27ClN2O2S. The molecule has 27 heavy (non-hydrogen) atoms. The number of hydrogen-bond donors (Lipinski definition) is 0. The van der Waals surface area contributed by atoms with Crippen molar-refractivity contribution in [1.29, 1.82) is 0 Å². The summed E-state index contributed by atoms with van der Waals surface area (Å²) in [6, 6.07) is 14.0. The minimum absolute atomic E-state index is 0.0252. The minimum Gasteiger partial charge on any atom is -0.332 e. The normalized spacial score (nSPS) is 11.9. The molecule has 6 heteroatoms. The van der Waals surface area contributed by atoms with Crippen LogP contribution in [0.3, 0.4) is 0 Å². The van der Waals surface area contributed by atoms with Gasteiger partial charge in [0.05, 0.1) is 6.54 Å². The Morgan fingerprint density at radius 1 is 1.07 bits per heavy atom. The van der Waals surface area contributed by atoms with E-state index in [1.165, 1.54) is 4.88 Å². The zero-order chi connectivity index (χ0) is 19.8. The lowest BCUT2D eigenvalue weighted by Gasteiger charge is -2.31. The van der Waals surface area contributed by atoms with Crippen LogP contribution < -0.4 is 0 Å². The SMILES string of the molecule is CC[C@H](C)N(CC(=O)N(Cc1ccccc1)Cc1ccc(C)s1)C(=O)CCl. The first-order valence-electron chi connectivity index (χ1n) is 9.17. The molecule has 0 saturated heterocycles. The molecular weight excluding hydrogens is 380 g/mol. The summed E-state index contributed by atoms with van der Waals surface area (Å²) >= 11 is 7.45. The highest BCUT2D eigenvalue weighted by Crippen LogP contribution is 2.19. The van der Waals surface area contributed by atoms with Crippen LogP contribution in [-0.4, -0.2) is 40.1 Å². The highest BCUT2D eigenvalue weighted by atomic mass is 35.5. The molecule has 0 aliphatic carbocycles. The summed E-state index contributed by atoms with van der Waals surface area (Å²) in [6.45, 7) is 7.11. The Hall–Kier alpha value is -1.85. The smallest absolute Gasteiger partial charge is 0.242 e. The van der Waals surface area contributed by atoms with Crippen molar-refractivity contribution < 1.29 is 9.59 Å². The number of carbonyl (C=O) groups excluding carboxylic acids is 2. The summed E-state index contributed by atoms with van der Waals surface area (Å²) < 4.78 is 0. The molecule has 1 atom stereocenters. The van der Waals surface area contributed by atoms with Crippen molar-refractivity contribution in [3.8, 4) is 0 Å². The van der Waals surface area contributed by atoms with E-state index < -0.39 is 0 Å². The highest BCUT2D eigenvalue weighted by molar-refractivity contribution is 7.11. The topological polar surface area (TPSA) is 40.6 Å². The molecule has 0 radical (unpaired) electrons. The van der Waals surface area contributed by atoms with Crippen LogP contribution in [0, 0.1) is 6.92 Å². The largest absolute Gasteiger partial charge is 0.332 e. The minimum atomic E-state index is -0.203. The van der Waals surface area contributed by atoms with Crippen LogP contribution in [0.1, 0.15) is 35.6 Å². The summed E-state index contributed by atoms with van der Waals surface area (Å²) in [5.41, 5.74) is 1.07. The molecule has 0 aliphatic rings. The Kier molecular flexibility index (Phi) is 8.32. The van der Waals surface area contributed by atoms with Crippen molar-refractivity contribution in [2.75, 3.05) is 12.4 Å². The predicted octanol–water partition coefficient (Wildman–Crippen LogP) is 4.45. The van der Waals surface area contributed by atoms with Crippen molar-refractivity contribution >= 4 is 34.8 Å². The number of rotatable bonds is 9. The van der Waals surface area contributed by atoms with Crippen molar-refractivity contribution in [3.05, 3.63) is 57.8 Å². The zero-order valence-corrected chi connectivity index (χ0v) is 17.7. The van der Waals surface area contributed by atoms with Gasteiger partial charge in [-0.05, 0) is 38.0 Å². The number of carbonyl (C=O) groups is 2. The molecule has 0 spiro atoms. The summed E-state index contributed by atoms with van der Waals surface area (Å²) in [6.07, 6.45) is 0.777. The number of thiophene rings is 1. The number of alkyl halides is 1. The van der Waals surface area contributed by atoms with Crippen molar-refractivity contribution in [2.24, 2.45) is 0 Å². The summed E-state index contributed by atoms with van der Waals surface area (Å²) in [7, 11) is 0. The first-order chi connectivity index (χ1) is 12.9. The fourth-order valence-electron chi connectivity index (χ4n) is 2.83. The zero-order valence-electron chi connectivity index (χ0n) is 16.2. The second-order valence-corrected chi connectivity index (χ2v) is 8.30. The molecule has 0 saturated carbocycles. The van der Waals surface area contributed by atoms with E-state index in [4.69, 9.17) is 11.6 Å². The monoisotopic (exact) mass is 406 g/mol. The molecule has 2 rings (SSSR count).